The number of pyridine rings is 1. The van der Waals surface area contributed by atoms with Gasteiger partial charge < -0.3 is 9.73 Å². The molecule has 0 aliphatic rings. The van der Waals surface area contributed by atoms with Crippen molar-refractivity contribution < 1.29 is 4.42 Å². The standard InChI is InChI=1S/C18H24N2O/c1-13(2)16(12-20-14(3)4)10-17-7-8-18(21-17)15-6-5-9-19-11-15/h5-11,13-14,20H,12H2,1-4H3. The number of aromatic nitrogens is 1. The fraction of sp³-hybridized carbons (Fsp3) is 0.389. The summed E-state index contributed by atoms with van der Waals surface area (Å²) in [5.74, 6) is 2.24. The Morgan fingerprint density at radius 1 is 1.24 bits per heavy atom. The number of furan rings is 1. The van der Waals surface area contributed by atoms with Gasteiger partial charge in [0.25, 0.3) is 0 Å². The first-order valence-electron chi connectivity index (χ1n) is 7.50. The van der Waals surface area contributed by atoms with E-state index >= 15 is 0 Å². The van der Waals surface area contributed by atoms with Gasteiger partial charge in [-0.2, -0.15) is 0 Å². The summed E-state index contributed by atoms with van der Waals surface area (Å²) in [7, 11) is 0. The number of nitrogens with zero attached hydrogens (tertiary/aromatic N) is 1. The fourth-order valence-corrected chi connectivity index (χ4v) is 2.02. The van der Waals surface area contributed by atoms with Gasteiger partial charge in [0, 0.05) is 30.5 Å². The van der Waals surface area contributed by atoms with Crippen molar-refractivity contribution in [3.63, 3.8) is 0 Å². The minimum Gasteiger partial charge on any atom is -0.457 e. The fourth-order valence-electron chi connectivity index (χ4n) is 2.02. The minimum absolute atomic E-state index is 0.481. The molecule has 0 radical (unpaired) electrons. The highest BCUT2D eigenvalue weighted by atomic mass is 16.3. The lowest BCUT2D eigenvalue weighted by Crippen LogP contribution is -2.26. The van der Waals surface area contributed by atoms with Crippen molar-refractivity contribution >= 4 is 6.08 Å². The molecule has 3 nitrogen and oxygen atoms in total. The van der Waals surface area contributed by atoms with Gasteiger partial charge >= 0.3 is 0 Å². The van der Waals surface area contributed by atoms with Gasteiger partial charge in [0.2, 0.25) is 0 Å². The van der Waals surface area contributed by atoms with Gasteiger partial charge in [-0.1, -0.05) is 33.3 Å². The molecule has 0 fully saturated rings. The molecule has 0 spiro atoms. The van der Waals surface area contributed by atoms with E-state index < -0.39 is 0 Å². The number of nitrogens with one attached hydrogen (secondary N) is 1. The Labute approximate surface area is 127 Å². The van der Waals surface area contributed by atoms with Crippen LogP contribution in [-0.4, -0.2) is 17.6 Å². The Bertz CT molecular complexity index is 582. The Balaban J connectivity index is 2.17. The van der Waals surface area contributed by atoms with E-state index in [1.165, 1.54) is 5.57 Å². The van der Waals surface area contributed by atoms with Gasteiger partial charge in [-0.25, -0.2) is 0 Å². The summed E-state index contributed by atoms with van der Waals surface area (Å²) in [5.41, 5.74) is 2.35. The molecular weight excluding hydrogens is 260 g/mol. The number of rotatable bonds is 6. The molecule has 2 aromatic heterocycles. The topological polar surface area (TPSA) is 38.1 Å². The summed E-state index contributed by atoms with van der Waals surface area (Å²) >= 11 is 0. The SMILES string of the molecule is CC(C)NCC(=Cc1ccc(-c2cccnc2)o1)C(C)C. The van der Waals surface area contributed by atoms with Crippen LogP contribution in [0.3, 0.4) is 0 Å². The van der Waals surface area contributed by atoms with E-state index in [4.69, 9.17) is 4.42 Å². The predicted octanol–water partition coefficient (Wildman–Crippen LogP) is 4.38. The van der Waals surface area contributed by atoms with E-state index in [-0.39, 0.29) is 0 Å². The lowest BCUT2D eigenvalue weighted by Gasteiger charge is -2.14. The van der Waals surface area contributed by atoms with Crippen LogP contribution in [0.5, 0.6) is 0 Å². The van der Waals surface area contributed by atoms with Crippen molar-refractivity contribution in [1.29, 1.82) is 0 Å². The molecule has 0 atom stereocenters. The van der Waals surface area contributed by atoms with Crippen molar-refractivity contribution in [3.8, 4) is 11.3 Å². The minimum atomic E-state index is 0.481. The van der Waals surface area contributed by atoms with Gasteiger partial charge in [0.1, 0.15) is 11.5 Å². The molecule has 0 unspecified atom stereocenters. The molecule has 0 aliphatic carbocycles. The van der Waals surface area contributed by atoms with E-state index in [1.807, 2.05) is 30.5 Å². The number of hydrogen-bond donors (Lipinski definition) is 1. The van der Waals surface area contributed by atoms with Crippen molar-refractivity contribution in [2.24, 2.45) is 5.92 Å². The van der Waals surface area contributed by atoms with Crippen LogP contribution in [0.4, 0.5) is 0 Å². The lowest BCUT2D eigenvalue weighted by atomic mass is 10.0. The largest absolute Gasteiger partial charge is 0.457 e. The first kappa shape index (κ1) is 15.5. The highest BCUT2D eigenvalue weighted by molar-refractivity contribution is 5.59. The molecule has 21 heavy (non-hydrogen) atoms. The normalized spacial score (nSPS) is 12.4. The van der Waals surface area contributed by atoms with Gasteiger partial charge in [-0.3, -0.25) is 4.98 Å². The van der Waals surface area contributed by atoms with Gasteiger partial charge in [-0.05, 0) is 36.3 Å². The molecular formula is C18H24N2O. The molecule has 0 aromatic carbocycles. The maximum atomic E-state index is 5.91. The Kier molecular flexibility index (Phi) is 5.34. The van der Waals surface area contributed by atoms with E-state index in [9.17, 15) is 0 Å². The number of hydrogen-bond acceptors (Lipinski definition) is 3. The molecule has 0 aliphatic heterocycles. The smallest absolute Gasteiger partial charge is 0.136 e. The summed E-state index contributed by atoms with van der Waals surface area (Å²) < 4.78 is 5.91. The highest BCUT2D eigenvalue weighted by Crippen LogP contribution is 2.23. The molecule has 3 heteroatoms. The van der Waals surface area contributed by atoms with Crippen molar-refractivity contribution in [1.82, 2.24) is 10.3 Å². The summed E-state index contributed by atoms with van der Waals surface area (Å²) in [6.07, 6.45) is 5.72. The van der Waals surface area contributed by atoms with E-state index in [1.54, 1.807) is 6.20 Å². The molecule has 2 rings (SSSR count). The average Bonchev–Trinajstić information content (AvgIpc) is 2.92. The van der Waals surface area contributed by atoms with E-state index in [2.05, 4.69) is 44.1 Å². The highest BCUT2D eigenvalue weighted by Gasteiger charge is 2.08. The Morgan fingerprint density at radius 3 is 2.67 bits per heavy atom. The van der Waals surface area contributed by atoms with E-state index in [0.717, 1.165) is 23.6 Å². The third-order valence-corrected chi connectivity index (χ3v) is 3.36. The second-order valence-corrected chi connectivity index (χ2v) is 5.85. The summed E-state index contributed by atoms with van der Waals surface area (Å²) in [5, 5.41) is 3.47. The second kappa shape index (κ2) is 7.23. The molecule has 0 bridgehead atoms. The zero-order chi connectivity index (χ0) is 15.2. The van der Waals surface area contributed by atoms with Crippen molar-refractivity contribution in [2.45, 2.75) is 33.7 Å². The van der Waals surface area contributed by atoms with Crippen LogP contribution in [-0.2, 0) is 0 Å². The van der Waals surface area contributed by atoms with Crippen molar-refractivity contribution in [2.75, 3.05) is 6.54 Å². The van der Waals surface area contributed by atoms with Crippen molar-refractivity contribution in [3.05, 3.63) is 48.0 Å². The third-order valence-electron chi connectivity index (χ3n) is 3.36. The van der Waals surface area contributed by atoms with Crippen LogP contribution in [0.1, 0.15) is 33.5 Å². The first-order valence-corrected chi connectivity index (χ1v) is 7.50. The van der Waals surface area contributed by atoms with Gasteiger partial charge in [0.15, 0.2) is 0 Å². The predicted molar refractivity (Wildman–Crippen MR) is 87.9 cm³/mol. The molecule has 0 saturated heterocycles. The third kappa shape index (κ3) is 4.57. The van der Waals surface area contributed by atoms with Crippen LogP contribution in [0.15, 0.2) is 46.6 Å². The van der Waals surface area contributed by atoms with Crippen LogP contribution >= 0.6 is 0 Å². The van der Waals surface area contributed by atoms with Crippen LogP contribution in [0.2, 0.25) is 0 Å². The van der Waals surface area contributed by atoms with Crippen LogP contribution in [0.25, 0.3) is 17.4 Å². The lowest BCUT2D eigenvalue weighted by molar-refractivity contribution is 0.564. The Hall–Kier alpha value is -1.87. The molecule has 0 amide bonds. The average molecular weight is 284 g/mol. The first-order chi connectivity index (χ1) is 10.1. The maximum Gasteiger partial charge on any atom is 0.136 e. The summed E-state index contributed by atoms with van der Waals surface area (Å²) in [4.78, 5) is 4.12. The molecule has 0 saturated carbocycles. The molecule has 2 aromatic rings. The molecule has 2 heterocycles. The Morgan fingerprint density at radius 2 is 2.05 bits per heavy atom. The molecule has 112 valence electrons. The zero-order valence-electron chi connectivity index (χ0n) is 13.3. The van der Waals surface area contributed by atoms with Gasteiger partial charge in [-0.15, -0.1) is 0 Å². The quantitative estimate of drug-likeness (QED) is 0.855. The second-order valence-electron chi connectivity index (χ2n) is 5.85. The van der Waals surface area contributed by atoms with E-state index in [0.29, 0.717) is 12.0 Å². The summed E-state index contributed by atoms with van der Waals surface area (Å²) in [6, 6.07) is 8.41. The maximum absolute atomic E-state index is 5.91. The molecule has 1 N–H and O–H groups in total. The monoisotopic (exact) mass is 284 g/mol. The van der Waals surface area contributed by atoms with Gasteiger partial charge in [0.05, 0.1) is 0 Å². The van der Waals surface area contributed by atoms with Crippen LogP contribution in [0, 0.1) is 5.92 Å². The summed E-state index contributed by atoms with van der Waals surface area (Å²) in [6.45, 7) is 9.62. The zero-order valence-corrected chi connectivity index (χ0v) is 13.3. The van der Waals surface area contributed by atoms with Crippen LogP contribution < -0.4 is 5.32 Å².